The molecular weight excluding hydrogens is 456 g/mol. The number of halogens is 1. The van der Waals surface area contributed by atoms with E-state index in [0.717, 1.165) is 22.4 Å². The molecule has 2 amide bonds. The Bertz CT molecular complexity index is 1120. The second-order valence-corrected chi connectivity index (χ2v) is 9.45. The summed E-state index contributed by atoms with van der Waals surface area (Å²) in [4.78, 5) is 29.0. The fourth-order valence-electron chi connectivity index (χ4n) is 3.77. The second kappa shape index (κ2) is 10.3. The van der Waals surface area contributed by atoms with Gasteiger partial charge >= 0.3 is 0 Å². The lowest BCUT2D eigenvalue weighted by atomic mass is 10.1. The Morgan fingerprint density at radius 1 is 1.03 bits per heavy atom. The molecule has 0 aliphatic carbocycles. The van der Waals surface area contributed by atoms with Crippen molar-refractivity contribution < 1.29 is 14.3 Å². The van der Waals surface area contributed by atoms with Crippen molar-refractivity contribution in [2.45, 2.75) is 18.5 Å². The summed E-state index contributed by atoms with van der Waals surface area (Å²) >= 11 is 7.59. The maximum Gasteiger partial charge on any atom is 0.253 e. The minimum atomic E-state index is -0.0747. The first-order chi connectivity index (χ1) is 15.9. The third-order valence-corrected chi connectivity index (χ3v) is 7.11. The van der Waals surface area contributed by atoms with Crippen molar-refractivity contribution in [2.24, 2.45) is 0 Å². The van der Waals surface area contributed by atoms with Crippen LogP contribution in [0.3, 0.4) is 0 Å². The van der Waals surface area contributed by atoms with E-state index < -0.39 is 0 Å². The molecule has 3 aromatic carbocycles. The van der Waals surface area contributed by atoms with Crippen LogP contribution < -0.4 is 4.74 Å². The van der Waals surface area contributed by atoms with Crippen LogP contribution in [0.4, 0.5) is 0 Å². The van der Waals surface area contributed by atoms with Crippen molar-refractivity contribution in [1.82, 2.24) is 9.80 Å². The van der Waals surface area contributed by atoms with Crippen molar-refractivity contribution in [2.75, 3.05) is 19.9 Å². The van der Waals surface area contributed by atoms with Crippen LogP contribution in [0.2, 0.25) is 5.02 Å². The van der Waals surface area contributed by atoms with E-state index in [1.807, 2.05) is 77.7 Å². The molecule has 1 heterocycles. The van der Waals surface area contributed by atoms with Crippen molar-refractivity contribution in [1.29, 1.82) is 0 Å². The van der Waals surface area contributed by atoms with Gasteiger partial charge in [-0.05, 0) is 53.1 Å². The lowest BCUT2D eigenvalue weighted by Crippen LogP contribution is -2.28. The third-order valence-electron chi connectivity index (χ3n) is 5.60. The molecule has 3 aromatic rings. The van der Waals surface area contributed by atoms with Gasteiger partial charge in [0.1, 0.15) is 11.1 Å². The Morgan fingerprint density at radius 2 is 1.67 bits per heavy atom. The number of hydrogen-bond acceptors (Lipinski definition) is 4. The Morgan fingerprint density at radius 3 is 2.30 bits per heavy atom. The van der Waals surface area contributed by atoms with Gasteiger partial charge in [-0.2, -0.15) is 0 Å². The lowest BCUT2D eigenvalue weighted by molar-refractivity contribution is -0.128. The van der Waals surface area contributed by atoms with Crippen molar-refractivity contribution in [3.05, 3.63) is 100 Å². The molecule has 1 fully saturated rings. The zero-order chi connectivity index (χ0) is 23.4. The van der Waals surface area contributed by atoms with E-state index in [4.69, 9.17) is 16.3 Å². The van der Waals surface area contributed by atoms with E-state index in [9.17, 15) is 9.59 Å². The van der Waals surface area contributed by atoms with E-state index in [0.29, 0.717) is 29.4 Å². The summed E-state index contributed by atoms with van der Waals surface area (Å²) in [6.45, 7) is 1.03. The van der Waals surface area contributed by atoms with Crippen molar-refractivity contribution >= 4 is 35.2 Å². The predicted octanol–water partition coefficient (Wildman–Crippen LogP) is 5.40. The molecule has 0 N–H and O–H groups in total. The maximum absolute atomic E-state index is 12.9. The van der Waals surface area contributed by atoms with Crippen LogP contribution in [-0.2, 0) is 17.9 Å². The Labute approximate surface area is 203 Å². The van der Waals surface area contributed by atoms with Crippen LogP contribution in [-0.4, -0.2) is 41.5 Å². The summed E-state index contributed by atoms with van der Waals surface area (Å²) in [5, 5.41) is 0.601. The highest BCUT2D eigenvalue weighted by molar-refractivity contribution is 8.00. The number of nitrogens with zero attached hydrogens (tertiary/aromatic N) is 2. The molecule has 0 spiro atoms. The third kappa shape index (κ3) is 5.52. The fourth-order valence-corrected chi connectivity index (χ4v) is 5.09. The predicted molar refractivity (Wildman–Crippen MR) is 132 cm³/mol. The van der Waals surface area contributed by atoms with Crippen molar-refractivity contribution in [3.63, 3.8) is 0 Å². The number of carbonyl (C=O) groups is 2. The number of rotatable bonds is 7. The number of methoxy groups -OCH3 is 1. The quantitative estimate of drug-likeness (QED) is 0.454. The van der Waals surface area contributed by atoms with Crippen LogP contribution in [0.15, 0.2) is 72.8 Å². The fraction of sp³-hybridized carbons (Fsp3) is 0.231. The van der Waals surface area contributed by atoms with Crippen LogP contribution >= 0.6 is 23.4 Å². The van der Waals surface area contributed by atoms with Gasteiger partial charge < -0.3 is 14.5 Å². The summed E-state index contributed by atoms with van der Waals surface area (Å²) in [5.74, 6) is 1.30. The highest BCUT2D eigenvalue weighted by atomic mass is 35.5. The van der Waals surface area contributed by atoms with E-state index in [1.165, 1.54) is 0 Å². The molecule has 0 bridgehead atoms. The standard InChI is InChI=1S/C26H25ClN2O3S/c1-28(15-18-5-13-23(32-2)14-6-18)25(31)20-7-9-21(10-8-20)26-29(24(30)17-33-26)16-19-3-11-22(27)12-4-19/h3-14,26H,15-17H2,1-2H3/t26-/m0/s1. The van der Waals surface area contributed by atoms with Gasteiger partial charge in [0.05, 0.1) is 12.9 Å². The largest absolute Gasteiger partial charge is 0.497 e. The molecule has 0 aromatic heterocycles. The Balaban J connectivity index is 1.43. The SMILES string of the molecule is COc1ccc(CN(C)C(=O)c2ccc([C@@H]3SCC(=O)N3Cc3ccc(Cl)cc3)cc2)cc1. The molecule has 5 nitrogen and oxygen atoms in total. The molecule has 0 unspecified atom stereocenters. The number of benzene rings is 3. The Hall–Kier alpha value is -2.96. The zero-order valence-electron chi connectivity index (χ0n) is 18.5. The van der Waals surface area contributed by atoms with Crippen molar-refractivity contribution in [3.8, 4) is 5.75 Å². The number of amides is 2. The molecule has 1 aliphatic rings. The van der Waals surface area contributed by atoms with E-state index in [2.05, 4.69) is 0 Å². The number of carbonyl (C=O) groups excluding carboxylic acids is 2. The van der Waals surface area contributed by atoms with Crippen LogP contribution in [0.5, 0.6) is 5.75 Å². The van der Waals surface area contributed by atoms with Gasteiger partial charge in [0, 0.05) is 30.7 Å². The second-order valence-electron chi connectivity index (χ2n) is 7.94. The van der Waals surface area contributed by atoms with Gasteiger partial charge in [-0.1, -0.05) is 48.0 Å². The molecule has 170 valence electrons. The number of thioether (sulfide) groups is 1. The average molecular weight is 481 g/mol. The topological polar surface area (TPSA) is 49.9 Å². The molecule has 0 saturated carbocycles. The molecule has 1 aliphatic heterocycles. The zero-order valence-corrected chi connectivity index (χ0v) is 20.1. The summed E-state index contributed by atoms with van der Waals surface area (Å²) in [6, 6.07) is 22.8. The molecule has 0 radical (unpaired) electrons. The molecule has 1 atom stereocenters. The summed E-state index contributed by atoms with van der Waals surface area (Å²) < 4.78 is 5.18. The molecule has 7 heteroatoms. The van der Waals surface area contributed by atoms with Crippen LogP contribution in [0.1, 0.15) is 32.4 Å². The van der Waals surface area contributed by atoms with Gasteiger partial charge in [0.25, 0.3) is 5.91 Å². The van der Waals surface area contributed by atoms with Gasteiger partial charge in [-0.25, -0.2) is 0 Å². The van der Waals surface area contributed by atoms with Crippen LogP contribution in [0.25, 0.3) is 0 Å². The van der Waals surface area contributed by atoms with Gasteiger partial charge in [0.15, 0.2) is 0 Å². The minimum absolute atomic E-state index is 0.0504. The molecular formula is C26H25ClN2O3S. The van der Waals surface area contributed by atoms with Gasteiger partial charge in [-0.3, -0.25) is 9.59 Å². The summed E-state index contributed by atoms with van der Waals surface area (Å²) in [6.07, 6.45) is 0. The van der Waals surface area contributed by atoms with E-state index >= 15 is 0 Å². The monoisotopic (exact) mass is 480 g/mol. The van der Waals surface area contributed by atoms with Crippen LogP contribution in [0, 0.1) is 0 Å². The van der Waals surface area contributed by atoms with Gasteiger partial charge in [0.2, 0.25) is 5.91 Å². The molecule has 1 saturated heterocycles. The average Bonchev–Trinajstić information content (AvgIpc) is 3.20. The molecule has 4 rings (SSSR count). The lowest BCUT2D eigenvalue weighted by Gasteiger charge is -2.25. The highest BCUT2D eigenvalue weighted by Crippen LogP contribution is 2.39. The first-order valence-corrected chi connectivity index (χ1v) is 12.0. The highest BCUT2D eigenvalue weighted by Gasteiger charge is 2.32. The minimum Gasteiger partial charge on any atom is -0.497 e. The number of ether oxygens (including phenoxy) is 1. The molecule has 33 heavy (non-hydrogen) atoms. The smallest absolute Gasteiger partial charge is 0.253 e. The van der Waals surface area contributed by atoms with Gasteiger partial charge in [-0.15, -0.1) is 11.8 Å². The first kappa shape index (κ1) is 23.2. The summed E-state index contributed by atoms with van der Waals surface area (Å²) in [5.41, 5.74) is 3.69. The first-order valence-electron chi connectivity index (χ1n) is 10.6. The van der Waals surface area contributed by atoms with E-state index in [1.54, 1.807) is 30.8 Å². The number of hydrogen-bond donors (Lipinski definition) is 0. The summed E-state index contributed by atoms with van der Waals surface area (Å²) in [7, 11) is 3.42. The maximum atomic E-state index is 12.9. The Kier molecular flexibility index (Phi) is 7.26. The van der Waals surface area contributed by atoms with E-state index in [-0.39, 0.29) is 17.2 Å². The normalized spacial score (nSPS) is 15.5.